The van der Waals surface area contributed by atoms with E-state index in [9.17, 15) is 0 Å². The van der Waals surface area contributed by atoms with Crippen molar-refractivity contribution in [1.82, 2.24) is 0 Å². The lowest BCUT2D eigenvalue weighted by molar-refractivity contribution is 0.133. The fraction of sp³-hybridized carbons (Fsp3) is 1.00. The molecule has 15 heavy (non-hydrogen) atoms. The summed E-state index contributed by atoms with van der Waals surface area (Å²) in [4.78, 5) is 0. The van der Waals surface area contributed by atoms with Gasteiger partial charge in [0.25, 0.3) is 0 Å². The monoisotopic (exact) mass is 208 g/mol. The first-order chi connectivity index (χ1) is 7.16. The molecule has 0 bridgehead atoms. The third-order valence-corrected chi connectivity index (χ3v) is 5.59. The molecule has 0 saturated heterocycles. The van der Waals surface area contributed by atoms with Crippen LogP contribution < -0.4 is 0 Å². The van der Waals surface area contributed by atoms with Crippen molar-refractivity contribution in [3.8, 4) is 0 Å². The molecule has 0 aromatic heterocycles. The van der Waals surface area contributed by atoms with Gasteiger partial charge >= 0.3 is 0 Å². The summed E-state index contributed by atoms with van der Waals surface area (Å²) in [5.74, 6) is 6.26. The van der Waals surface area contributed by atoms with Crippen LogP contribution in [0.3, 0.4) is 0 Å². The van der Waals surface area contributed by atoms with Gasteiger partial charge in [0, 0.05) is 0 Å². The molecule has 0 heterocycles. The summed E-state index contributed by atoms with van der Waals surface area (Å²) in [6, 6.07) is 0. The predicted molar refractivity (Wildman–Crippen MR) is 66.7 cm³/mol. The van der Waals surface area contributed by atoms with Gasteiger partial charge in [0.2, 0.25) is 0 Å². The van der Waals surface area contributed by atoms with Crippen molar-refractivity contribution in [3.63, 3.8) is 0 Å². The van der Waals surface area contributed by atoms with E-state index in [1.54, 1.807) is 0 Å². The molecule has 0 amide bonds. The van der Waals surface area contributed by atoms with Gasteiger partial charge in [-0.3, -0.25) is 0 Å². The van der Waals surface area contributed by atoms with Crippen LogP contribution in [-0.2, 0) is 0 Å². The molecule has 0 radical (unpaired) electrons. The molecular weight excluding hydrogens is 180 g/mol. The maximum atomic E-state index is 2.54. The van der Waals surface area contributed by atoms with Crippen LogP contribution in [0.25, 0.3) is 0 Å². The molecule has 2 saturated carbocycles. The lowest BCUT2D eigenvalue weighted by Gasteiger charge is -2.37. The van der Waals surface area contributed by atoms with E-state index in [2.05, 4.69) is 27.7 Å². The van der Waals surface area contributed by atoms with Gasteiger partial charge in [-0.1, -0.05) is 53.4 Å². The third-order valence-electron chi connectivity index (χ3n) is 5.59. The molecule has 2 aliphatic carbocycles. The minimum atomic E-state index is 1.01. The zero-order chi connectivity index (χ0) is 11.0. The number of hydrogen-bond donors (Lipinski definition) is 0. The second-order valence-electron chi connectivity index (χ2n) is 6.30. The summed E-state index contributed by atoms with van der Waals surface area (Å²) in [6.45, 7) is 9.82. The molecule has 0 heteroatoms. The Labute approximate surface area is 95.8 Å². The van der Waals surface area contributed by atoms with E-state index in [-0.39, 0.29) is 0 Å². The smallest absolute Gasteiger partial charge is 0.0326 e. The first-order valence-corrected chi connectivity index (χ1v) is 7.16. The Morgan fingerprint density at radius 1 is 0.933 bits per heavy atom. The van der Waals surface area contributed by atoms with Crippen LogP contribution in [0.15, 0.2) is 0 Å². The molecule has 0 N–H and O–H groups in total. The zero-order valence-corrected chi connectivity index (χ0v) is 11.0. The van der Waals surface area contributed by atoms with E-state index in [4.69, 9.17) is 0 Å². The molecule has 0 nitrogen and oxygen atoms in total. The van der Waals surface area contributed by atoms with E-state index >= 15 is 0 Å². The highest BCUT2D eigenvalue weighted by atomic mass is 14.5. The van der Waals surface area contributed by atoms with E-state index in [0.717, 1.165) is 35.5 Å². The molecule has 2 fully saturated rings. The summed E-state index contributed by atoms with van der Waals surface area (Å²) in [6.07, 6.45) is 7.42. The average Bonchev–Trinajstić information content (AvgIpc) is 2.79. The SMILES string of the molecule is CCCC1CCCC(C2C(C)C2C)C1C. The Morgan fingerprint density at radius 3 is 2.13 bits per heavy atom. The molecule has 0 aromatic rings. The fourth-order valence-electron chi connectivity index (χ4n) is 4.29. The molecule has 0 aromatic carbocycles. The second-order valence-corrected chi connectivity index (χ2v) is 6.30. The topological polar surface area (TPSA) is 0 Å². The van der Waals surface area contributed by atoms with Crippen molar-refractivity contribution >= 4 is 0 Å². The summed E-state index contributed by atoms with van der Waals surface area (Å²) in [5, 5.41) is 0. The van der Waals surface area contributed by atoms with Crippen LogP contribution in [0.2, 0.25) is 0 Å². The van der Waals surface area contributed by atoms with Crippen molar-refractivity contribution in [3.05, 3.63) is 0 Å². The normalized spacial score (nSPS) is 50.4. The maximum absolute atomic E-state index is 2.54. The van der Waals surface area contributed by atoms with Gasteiger partial charge in [-0.25, -0.2) is 0 Å². The van der Waals surface area contributed by atoms with Crippen molar-refractivity contribution in [2.24, 2.45) is 35.5 Å². The van der Waals surface area contributed by atoms with Crippen LogP contribution in [0.5, 0.6) is 0 Å². The molecule has 0 spiro atoms. The summed E-state index contributed by atoms with van der Waals surface area (Å²) in [5.41, 5.74) is 0. The van der Waals surface area contributed by atoms with E-state index in [1.165, 1.54) is 32.1 Å². The van der Waals surface area contributed by atoms with Gasteiger partial charge in [0.1, 0.15) is 0 Å². The standard InChI is InChI=1S/C15H28/c1-5-7-13-8-6-9-14(12(13)4)15-10(2)11(15)3/h10-15H,5-9H2,1-4H3. The zero-order valence-electron chi connectivity index (χ0n) is 11.0. The van der Waals surface area contributed by atoms with Crippen LogP contribution in [0.1, 0.15) is 59.8 Å². The first kappa shape index (κ1) is 11.5. The molecular formula is C15H28. The Hall–Kier alpha value is 0. The Kier molecular flexibility index (Phi) is 3.42. The van der Waals surface area contributed by atoms with Crippen molar-refractivity contribution in [1.29, 1.82) is 0 Å². The van der Waals surface area contributed by atoms with Gasteiger partial charge in [0.05, 0.1) is 0 Å². The van der Waals surface area contributed by atoms with Crippen LogP contribution >= 0.6 is 0 Å². The predicted octanol–water partition coefficient (Wildman–Crippen LogP) is 4.74. The molecule has 2 rings (SSSR count). The first-order valence-electron chi connectivity index (χ1n) is 7.16. The molecule has 5 atom stereocenters. The summed E-state index contributed by atoms with van der Waals surface area (Å²) < 4.78 is 0. The van der Waals surface area contributed by atoms with Crippen molar-refractivity contribution in [2.45, 2.75) is 59.8 Å². The highest BCUT2D eigenvalue weighted by Gasteiger charge is 2.50. The molecule has 0 aliphatic heterocycles. The quantitative estimate of drug-likeness (QED) is 0.628. The van der Waals surface area contributed by atoms with Gasteiger partial charge in [-0.15, -0.1) is 0 Å². The lowest BCUT2D eigenvalue weighted by atomic mass is 9.69. The highest BCUT2D eigenvalue weighted by Crippen LogP contribution is 2.56. The molecule has 2 aliphatic rings. The van der Waals surface area contributed by atoms with Gasteiger partial charge in [-0.05, 0) is 41.9 Å². The van der Waals surface area contributed by atoms with Gasteiger partial charge < -0.3 is 0 Å². The highest BCUT2D eigenvalue weighted by molar-refractivity contribution is 4.98. The summed E-state index contributed by atoms with van der Waals surface area (Å²) >= 11 is 0. The van der Waals surface area contributed by atoms with Crippen molar-refractivity contribution in [2.75, 3.05) is 0 Å². The van der Waals surface area contributed by atoms with Crippen molar-refractivity contribution < 1.29 is 0 Å². The minimum absolute atomic E-state index is 1.01. The van der Waals surface area contributed by atoms with Crippen LogP contribution in [0, 0.1) is 35.5 Å². The van der Waals surface area contributed by atoms with E-state index < -0.39 is 0 Å². The lowest BCUT2D eigenvalue weighted by Crippen LogP contribution is -2.28. The fourth-order valence-corrected chi connectivity index (χ4v) is 4.29. The number of hydrogen-bond acceptors (Lipinski definition) is 0. The average molecular weight is 208 g/mol. The molecule has 5 unspecified atom stereocenters. The number of rotatable bonds is 3. The summed E-state index contributed by atoms with van der Waals surface area (Å²) in [7, 11) is 0. The second kappa shape index (κ2) is 4.47. The van der Waals surface area contributed by atoms with Crippen LogP contribution in [0.4, 0.5) is 0 Å². The Bertz CT molecular complexity index is 198. The van der Waals surface area contributed by atoms with Gasteiger partial charge in [-0.2, -0.15) is 0 Å². The Balaban J connectivity index is 1.94. The van der Waals surface area contributed by atoms with Crippen LogP contribution in [-0.4, -0.2) is 0 Å². The van der Waals surface area contributed by atoms with Gasteiger partial charge in [0.15, 0.2) is 0 Å². The Morgan fingerprint density at radius 2 is 1.60 bits per heavy atom. The van der Waals surface area contributed by atoms with E-state index in [0.29, 0.717) is 0 Å². The maximum Gasteiger partial charge on any atom is -0.0326 e. The molecule has 88 valence electrons. The third kappa shape index (κ3) is 2.10. The largest absolute Gasteiger partial charge is 0.0654 e. The van der Waals surface area contributed by atoms with E-state index in [1.807, 2.05) is 0 Å². The minimum Gasteiger partial charge on any atom is -0.0654 e.